The molecule has 108 valence electrons. The zero-order valence-corrected chi connectivity index (χ0v) is 14.4. The number of halogens is 3. The third-order valence-corrected chi connectivity index (χ3v) is 4.60. The molecule has 0 aliphatic carbocycles. The van der Waals surface area contributed by atoms with Crippen LogP contribution in [0.2, 0.25) is 5.02 Å². The van der Waals surface area contributed by atoms with E-state index in [0.717, 1.165) is 32.7 Å². The first-order chi connectivity index (χ1) is 10.1. The maximum Gasteiger partial charge on any atom is 0.164 e. The van der Waals surface area contributed by atoms with Crippen molar-refractivity contribution in [2.75, 3.05) is 5.88 Å². The fourth-order valence-corrected chi connectivity index (χ4v) is 2.85. The van der Waals surface area contributed by atoms with Gasteiger partial charge in [0.05, 0.1) is 10.7 Å². The Morgan fingerprint density at radius 3 is 2.81 bits per heavy atom. The van der Waals surface area contributed by atoms with Crippen molar-refractivity contribution in [3.05, 3.63) is 51.3 Å². The molecule has 0 fully saturated rings. The number of alkyl halides is 1. The van der Waals surface area contributed by atoms with Gasteiger partial charge in [-0.1, -0.05) is 11.6 Å². The number of rotatable bonds is 3. The highest BCUT2D eigenvalue weighted by Gasteiger charge is 2.14. The van der Waals surface area contributed by atoms with Gasteiger partial charge < -0.3 is 0 Å². The van der Waals surface area contributed by atoms with E-state index in [-0.39, 0.29) is 0 Å². The average molecular weight is 385 g/mol. The summed E-state index contributed by atoms with van der Waals surface area (Å²) in [5, 5.41) is 0.651. The zero-order valence-electron chi connectivity index (χ0n) is 11.3. The number of nitrogens with zero attached hydrogens (tertiary/aromatic N) is 3. The van der Waals surface area contributed by atoms with Gasteiger partial charge in [-0.2, -0.15) is 0 Å². The van der Waals surface area contributed by atoms with E-state index in [0.29, 0.717) is 17.3 Å². The summed E-state index contributed by atoms with van der Waals surface area (Å²) in [6.07, 6.45) is 2.51. The van der Waals surface area contributed by atoms with Gasteiger partial charge in [-0.25, -0.2) is 9.97 Å². The predicted octanol–water partition coefficient (Wildman–Crippen LogP) is 4.93. The van der Waals surface area contributed by atoms with Crippen LogP contribution in [0, 0.1) is 6.92 Å². The van der Waals surface area contributed by atoms with E-state index in [1.54, 1.807) is 0 Å². The quantitative estimate of drug-likeness (QED) is 0.599. The first kappa shape index (κ1) is 14.8. The van der Waals surface area contributed by atoms with Crippen LogP contribution in [0.15, 0.2) is 34.9 Å². The summed E-state index contributed by atoms with van der Waals surface area (Å²) < 4.78 is 2.87. The van der Waals surface area contributed by atoms with E-state index < -0.39 is 0 Å². The van der Waals surface area contributed by atoms with Crippen molar-refractivity contribution in [2.24, 2.45) is 0 Å². The molecule has 3 rings (SSSR count). The first-order valence-corrected chi connectivity index (χ1v) is 8.16. The van der Waals surface area contributed by atoms with Crippen LogP contribution in [-0.4, -0.2) is 20.4 Å². The van der Waals surface area contributed by atoms with Crippen molar-refractivity contribution in [1.82, 2.24) is 14.5 Å². The average Bonchev–Trinajstić information content (AvgIpc) is 2.79. The molecule has 0 aliphatic rings. The molecule has 0 N–H and O–H groups in total. The number of benzene rings is 1. The van der Waals surface area contributed by atoms with Crippen LogP contribution in [0.3, 0.4) is 0 Å². The van der Waals surface area contributed by atoms with Crippen molar-refractivity contribution >= 4 is 50.3 Å². The van der Waals surface area contributed by atoms with Crippen LogP contribution < -0.4 is 0 Å². The van der Waals surface area contributed by atoms with Crippen LogP contribution in [0.25, 0.3) is 16.9 Å². The first-order valence-electron chi connectivity index (χ1n) is 6.45. The Hall–Kier alpha value is -1.10. The SMILES string of the molecule is Cc1cnc2c(c1)nc(CCCl)n2-c1ccc(Br)c(Cl)c1. The van der Waals surface area contributed by atoms with Crippen LogP contribution in [0.4, 0.5) is 0 Å². The van der Waals surface area contributed by atoms with Gasteiger partial charge in [0.2, 0.25) is 0 Å². The molecule has 0 radical (unpaired) electrons. The lowest BCUT2D eigenvalue weighted by atomic mass is 10.3. The second-order valence-corrected chi connectivity index (χ2v) is 6.40. The predicted molar refractivity (Wildman–Crippen MR) is 90.7 cm³/mol. The van der Waals surface area contributed by atoms with E-state index in [1.165, 1.54) is 0 Å². The van der Waals surface area contributed by atoms with Gasteiger partial charge in [-0.3, -0.25) is 4.57 Å². The normalized spacial score (nSPS) is 11.2. The van der Waals surface area contributed by atoms with Crippen LogP contribution in [-0.2, 0) is 6.42 Å². The van der Waals surface area contributed by atoms with Gasteiger partial charge >= 0.3 is 0 Å². The molecule has 2 aromatic heterocycles. The molecule has 3 nitrogen and oxygen atoms in total. The van der Waals surface area contributed by atoms with Crippen molar-refractivity contribution in [2.45, 2.75) is 13.3 Å². The Morgan fingerprint density at radius 2 is 2.10 bits per heavy atom. The molecule has 0 bridgehead atoms. The Kier molecular flexibility index (Phi) is 4.20. The van der Waals surface area contributed by atoms with Gasteiger partial charge in [0.25, 0.3) is 0 Å². The summed E-state index contributed by atoms with van der Waals surface area (Å²) in [7, 11) is 0. The third kappa shape index (κ3) is 2.80. The fraction of sp³-hybridized carbons (Fsp3) is 0.200. The number of hydrogen-bond donors (Lipinski definition) is 0. The minimum Gasteiger partial charge on any atom is -0.281 e. The molecule has 21 heavy (non-hydrogen) atoms. The van der Waals surface area contributed by atoms with Gasteiger partial charge in [-0.15, -0.1) is 11.6 Å². The Balaban J connectivity index is 2.27. The minimum absolute atomic E-state index is 0.507. The molecule has 1 aromatic carbocycles. The lowest BCUT2D eigenvalue weighted by Gasteiger charge is -2.09. The number of fused-ring (bicyclic) bond motifs is 1. The van der Waals surface area contributed by atoms with Crippen molar-refractivity contribution in [3.8, 4) is 5.69 Å². The summed E-state index contributed by atoms with van der Waals surface area (Å²) in [5.74, 6) is 1.39. The molecule has 0 spiro atoms. The largest absolute Gasteiger partial charge is 0.281 e. The Morgan fingerprint density at radius 1 is 1.29 bits per heavy atom. The van der Waals surface area contributed by atoms with E-state index in [1.807, 2.05) is 42.0 Å². The highest BCUT2D eigenvalue weighted by Crippen LogP contribution is 2.28. The highest BCUT2D eigenvalue weighted by atomic mass is 79.9. The second kappa shape index (κ2) is 5.95. The summed E-state index contributed by atoms with van der Waals surface area (Å²) in [5.41, 5.74) is 3.70. The number of aromatic nitrogens is 3. The summed E-state index contributed by atoms with van der Waals surface area (Å²) in [6, 6.07) is 7.82. The molecule has 0 aliphatic heterocycles. The summed E-state index contributed by atoms with van der Waals surface area (Å²) >= 11 is 15.5. The van der Waals surface area contributed by atoms with Crippen molar-refractivity contribution in [1.29, 1.82) is 0 Å². The molecule has 2 heterocycles. The standard InChI is InChI=1S/C15H12BrCl2N3/c1-9-6-13-15(19-8-9)21(14(20-13)4-5-17)10-2-3-11(16)12(18)7-10/h2-3,6-8H,4-5H2,1H3. The van der Waals surface area contributed by atoms with Gasteiger partial charge in [0.15, 0.2) is 5.65 Å². The topological polar surface area (TPSA) is 30.7 Å². The summed E-state index contributed by atoms with van der Waals surface area (Å²) in [6.45, 7) is 2.00. The van der Waals surface area contributed by atoms with E-state index in [2.05, 4.69) is 25.9 Å². The van der Waals surface area contributed by atoms with Crippen LogP contribution in [0.5, 0.6) is 0 Å². The molecule has 0 unspecified atom stereocenters. The van der Waals surface area contributed by atoms with Gasteiger partial charge in [0, 0.05) is 23.0 Å². The van der Waals surface area contributed by atoms with E-state index in [9.17, 15) is 0 Å². The molecule has 3 aromatic rings. The van der Waals surface area contributed by atoms with E-state index in [4.69, 9.17) is 23.2 Å². The monoisotopic (exact) mass is 383 g/mol. The highest BCUT2D eigenvalue weighted by molar-refractivity contribution is 9.10. The number of aryl methyl sites for hydroxylation is 2. The zero-order chi connectivity index (χ0) is 15.0. The molecule has 0 amide bonds. The van der Waals surface area contributed by atoms with Crippen LogP contribution in [0.1, 0.15) is 11.4 Å². The maximum absolute atomic E-state index is 6.21. The van der Waals surface area contributed by atoms with E-state index >= 15 is 0 Å². The smallest absolute Gasteiger partial charge is 0.164 e. The molecule has 0 atom stereocenters. The van der Waals surface area contributed by atoms with Crippen LogP contribution >= 0.6 is 39.1 Å². The maximum atomic E-state index is 6.21. The third-order valence-electron chi connectivity index (χ3n) is 3.18. The molecule has 0 saturated carbocycles. The fourth-order valence-electron chi connectivity index (χ4n) is 2.26. The molecular weight excluding hydrogens is 373 g/mol. The lowest BCUT2D eigenvalue weighted by molar-refractivity contribution is 0.905. The second-order valence-electron chi connectivity index (χ2n) is 4.76. The number of hydrogen-bond acceptors (Lipinski definition) is 2. The Labute approximate surface area is 141 Å². The lowest BCUT2D eigenvalue weighted by Crippen LogP contribution is -2.03. The minimum atomic E-state index is 0.507. The van der Waals surface area contributed by atoms with Crippen molar-refractivity contribution in [3.63, 3.8) is 0 Å². The molecular formula is C15H12BrCl2N3. The Bertz CT molecular complexity index is 814. The van der Waals surface area contributed by atoms with Gasteiger partial charge in [-0.05, 0) is 52.7 Å². The number of pyridine rings is 1. The van der Waals surface area contributed by atoms with Gasteiger partial charge in [0.1, 0.15) is 11.3 Å². The number of imidazole rings is 1. The molecule has 0 saturated heterocycles. The summed E-state index contributed by atoms with van der Waals surface area (Å²) in [4.78, 5) is 9.17. The molecule has 6 heteroatoms. The van der Waals surface area contributed by atoms with Crippen molar-refractivity contribution < 1.29 is 0 Å².